The number of thiophene rings is 1. The monoisotopic (exact) mass is 238 g/mol. The van der Waals surface area contributed by atoms with E-state index in [1.807, 2.05) is 17.5 Å². The van der Waals surface area contributed by atoms with Gasteiger partial charge in [-0.3, -0.25) is 14.5 Å². The third-order valence-electron chi connectivity index (χ3n) is 2.67. The van der Waals surface area contributed by atoms with Gasteiger partial charge in [-0.1, -0.05) is 6.07 Å². The normalized spacial score (nSPS) is 21.2. The van der Waals surface area contributed by atoms with Crippen molar-refractivity contribution in [3.8, 4) is 0 Å². The first kappa shape index (κ1) is 11.3. The molecule has 2 N–H and O–H groups in total. The molecule has 4 nitrogen and oxygen atoms in total. The average molecular weight is 238 g/mol. The Bertz CT molecular complexity index is 389. The van der Waals surface area contributed by atoms with E-state index in [-0.39, 0.29) is 24.3 Å². The summed E-state index contributed by atoms with van der Waals surface area (Å²) in [7, 11) is 0. The first-order chi connectivity index (χ1) is 7.66. The van der Waals surface area contributed by atoms with E-state index in [1.54, 1.807) is 0 Å². The number of hydrogen-bond acceptors (Lipinski definition) is 4. The number of piperidine rings is 1. The number of amides is 2. The topological polar surface area (TPSA) is 63.4 Å². The molecule has 1 atom stereocenters. The minimum absolute atomic E-state index is 0.0849. The van der Waals surface area contributed by atoms with Gasteiger partial charge in [-0.05, 0) is 17.9 Å². The standard InChI is InChI=1S/C11H14N2O2S/c12-8-3-4-13(10(14)6-8)11(15)7-9-2-1-5-16-9/h1-2,5,8H,3-4,6-7,12H2. The lowest BCUT2D eigenvalue weighted by Crippen LogP contribution is -2.47. The number of nitrogens with zero attached hydrogens (tertiary/aromatic N) is 1. The van der Waals surface area contributed by atoms with Gasteiger partial charge in [0.15, 0.2) is 0 Å². The highest BCUT2D eigenvalue weighted by Crippen LogP contribution is 2.14. The molecule has 0 radical (unpaired) electrons. The van der Waals surface area contributed by atoms with Gasteiger partial charge in [0.2, 0.25) is 11.8 Å². The maximum Gasteiger partial charge on any atom is 0.234 e. The largest absolute Gasteiger partial charge is 0.327 e. The fourth-order valence-corrected chi connectivity index (χ4v) is 2.47. The van der Waals surface area contributed by atoms with Crippen LogP contribution < -0.4 is 5.73 Å². The van der Waals surface area contributed by atoms with Crippen LogP contribution in [-0.4, -0.2) is 29.3 Å². The summed E-state index contributed by atoms with van der Waals surface area (Å²) >= 11 is 1.53. The van der Waals surface area contributed by atoms with Crippen LogP contribution in [0.4, 0.5) is 0 Å². The molecule has 1 aromatic heterocycles. The molecule has 1 aliphatic heterocycles. The zero-order valence-electron chi connectivity index (χ0n) is 8.89. The van der Waals surface area contributed by atoms with E-state index in [9.17, 15) is 9.59 Å². The van der Waals surface area contributed by atoms with Gasteiger partial charge < -0.3 is 5.73 Å². The Morgan fingerprint density at radius 2 is 2.44 bits per heavy atom. The quantitative estimate of drug-likeness (QED) is 0.827. The molecule has 0 aromatic carbocycles. The van der Waals surface area contributed by atoms with Crippen molar-refractivity contribution in [2.75, 3.05) is 6.54 Å². The summed E-state index contributed by atoms with van der Waals surface area (Å²) in [5.74, 6) is -0.250. The molecule has 1 fully saturated rings. The Morgan fingerprint density at radius 3 is 3.06 bits per heavy atom. The highest BCUT2D eigenvalue weighted by Gasteiger charge is 2.28. The molecule has 5 heteroatoms. The summed E-state index contributed by atoms with van der Waals surface area (Å²) in [6.07, 6.45) is 1.32. The number of imide groups is 1. The number of likely N-dealkylation sites (tertiary alicyclic amines) is 1. The summed E-state index contributed by atoms with van der Waals surface area (Å²) in [6.45, 7) is 0.463. The molecule has 2 heterocycles. The second kappa shape index (κ2) is 4.76. The van der Waals surface area contributed by atoms with Crippen LogP contribution in [0.15, 0.2) is 17.5 Å². The van der Waals surface area contributed by atoms with E-state index in [2.05, 4.69) is 0 Å². The second-order valence-corrected chi connectivity index (χ2v) is 4.98. The van der Waals surface area contributed by atoms with Crippen molar-refractivity contribution in [3.05, 3.63) is 22.4 Å². The van der Waals surface area contributed by atoms with Crippen LogP contribution in [0.2, 0.25) is 0 Å². The predicted molar refractivity (Wildman–Crippen MR) is 62.0 cm³/mol. The van der Waals surface area contributed by atoms with Gasteiger partial charge in [0, 0.05) is 23.9 Å². The van der Waals surface area contributed by atoms with Gasteiger partial charge in [0.1, 0.15) is 0 Å². The zero-order chi connectivity index (χ0) is 11.5. The van der Waals surface area contributed by atoms with Gasteiger partial charge >= 0.3 is 0 Å². The Morgan fingerprint density at radius 1 is 1.62 bits per heavy atom. The molecule has 0 spiro atoms. The molecular formula is C11H14N2O2S. The van der Waals surface area contributed by atoms with Crippen molar-refractivity contribution in [2.24, 2.45) is 5.73 Å². The second-order valence-electron chi connectivity index (χ2n) is 3.95. The Hall–Kier alpha value is -1.20. The van der Waals surface area contributed by atoms with Crippen molar-refractivity contribution in [2.45, 2.75) is 25.3 Å². The van der Waals surface area contributed by atoms with Crippen molar-refractivity contribution in [1.82, 2.24) is 4.90 Å². The molecule has 1 saturated heterocycles. The minimum Gasteiger partial charge on any atom is -0.327 e. The van der Waals surface area contributed by atoms with Crippen molar-refractivity contribution >= 4 is 23.2 Å². The zero-order valence-corrected chi connectivity index (χ0v) is 9.70. The number of rotatable bonds is 2. The Kier molecular flexibility index (Phi) is 3.36. The van der Waals surface area contributed by atoms with Gasteiger partial charge in [-0.2, -0.15) is 0 Å². The summed E-state index contributed by atoms with van der Waals surface area (Å²) in [6, 6.07) is 3.72. The fraction of sp³-hybridized carbons (Fsp3) is 0.455. The van der Waals surface area contributed by atoms with Crippen LogP contribution >= 0.6 is 11.3 Å². The molecule has 86 valence electrons. The first-order valence-electron chi connectivity index (χ1n) is 5.28. The summed E-state index contributed by atoms with van der Waals surface area (Å²) in [4.78, 5) is 25.8. The van der Waals surface area contributed by atoms with Crippen LogP contribution in [-0.2, 0) is 16.0 Å². The van der Waals surface area contributed by atoms with E-state index in [0.29, 0.717) is 19.4 Å². The van der Waals surface area contributed by atoms with Crippen molar-refractivity contribution < 1.29 is 9.59 Å². The minimum atomic E-state index is -0.139. The van der Waals surface area contributed by atoms with E-state index in [0.717, 1.165) is 4.88 Å². The number of hydrogen-bond donors (Lipinski definition) is 1. The maximum atomic E-state index is 11.9. The molecule has 0 aliphatic carbocycles. The van der Waals surface area contributed by atoms with Gasteiger partial charge in [0.05, 0.1) is 6.42 Å². The van der Waals surface area contributed by atoms with Gasteiger partial charge in [0.25, 0.3) is 0 Å². The molecule has 1 aromatic rings. The van der Waals surface area contributed by atoms with Gasteiger partial charge in [-0.15, -0.1) is 11.3 Å². The SMILES string of the molecule is NC1CCN(C(=O)Cc2cccs2)C(=O)C1. The lowest BCUT2D eigenvalue weighted by Gasteiger charge is -2.28. The maximum absolute atomic E-state index is 11.9. The molecular weight excluding hydrogens is 224 g/mol. The summed E-state index contributed by atoms with van der Waals surface area (Å²) < 4.78 is 0. The molecule has 1 aliphatic rings. The highest BCUT2D eigenvalue weighted by atomic mass is 32.1. The van der Waals surface area contributed by atoms with Crippen LogP contribution in [0.3, 0.4) is 0 Å². The lowest BCUT2D eigenvalue weighted by atomic mass is 10.1. The Labute approximate surface area is 98.0 Å². The smallest absolute Gasteiger partial charge is 0.234 e. The first-order valence-corrected chi connectivity index (χ1v) is 6.16. The fourth-order valence-electron chi connectivity index (χ4n) is 1.78. The lowest BCUT2D eigenvalue weighted by molar-refractivity contribution is -0.146. The number of carbonyl (C=O) groups excluding carboxylic acids is 2. The van der Waals surface area contributed by atoms with Crippen LogP contribution in [0, 0.1) is 0 Å². The summed E-state index contributed by atoms with van der Waals surface area (Å²) in [5.41, 5.74) is 5.67. The average Bonchev–Trinajstić information content (AvgIpc) is 2.70. The third kappa shape index (κ3) is 2.48. The Balaban J connectivity index is 1.97. The molecule has 2 rings (SSSR count). The van der Waals surface area contributed by atoms with Crippen molar-refractivity contribution in [3.63, 3.8) is 0 Å². The molecule has 1 unspecified atom stereocenters. The number of carbonyl (C=O) groups is 2. The van der Waals surface area contributed by atoms with E-state index in [4.69, 9.17) is 5.73 Å². The van der Waals surface area contributed by atoms with Crippen LogP contribution in [0.25, 0.3) is 0 Å². The van der Waals surface area contributed by atoms with E-state index < -0.39 is 0 Å². The highest BCUT2D eigenvalue weighted by molar-refractivity contribution is 7.10. The molecule has 16 heavy (non-hydrogen) atoms. The van der Waals surface area contributed by atoms with E-state index >= 15 is 0 Å². The van der Waals surface area contributed by atoms with Crippen molar-refractivity contribution in [1.29, 1.82) is 0 Å². The number of nitrogens with two attached hydrogens (primary N) is 1. The molecule has 2 amide bonds. The molecule has 0 bridgehead atoms. The van der Waals surface area contributed by atoms with Crippen LogP contribution in [0.1, 0.15) is 17.7 Å². The molecule has 0 saturated carbocycles. The summed E-state index contributed by atoms with van der Waals surface area (Å²) in [5, 5.41) is 1.93. The third-order valence-corrected chi connectivity index (χ3v) is 3.54. The van der Waals surface area contributed by atoms with Gasteiger partial charge in [-0.25, -0.2) is 0 Å². The van der Waals surface area contributed by atoms with E-state index in [1.165, 1.54) is 16.2 Å². The van der Waals surface area contributed by atoms with Crippen LogP contribution in [0.5, 0.6) is 0 Å². The predicted octanol–water partition coefficient (Wildman–Crippen LogP) is 0.767.